The highest BCUT2D eigenvalue weighted by molar-refractivity contribution is 7.98. The van der Waals surface area contributed by atoms with Gasteiger partial charge in [0.1, 0.15) is 0 Å². The highest BCUT2D eigenvalue weighted by Gasteiger charge is 2.19. The molecule has 1 fully saturated rings. The molecule has 60 valence electrons. The Morgan fingerprint density at radius 3 is 2.91 bits per heavy atom. The van der Waals surface area contributed by atoms with Crippen molar-refractivity contribution < 1.29 is 0 Å². The van der Waals surface area contributed by atoms with Gasteiger partial charge in [0.15, 0.2) is 0 Å². The molecule has 0 bridgehead atoms. The average molecular weight is 168 g/mol. The number of aromatic nitrogens is 2. The average Bonchev–Trinajstić information content (AvgIpc) is 2.32. The number of thioether (sulfide) groups is 1. The molecule has 1 aliphatic carbocycles. The number of hydrogen-bond donors (Lipinski definition) is 0. The minimum atomic E-state index is 0.705. The lowest BCUT2D eigenvalue weighted by Crippen LogP contribution is -2.16. The van der Waals surface area contributed by atoms with E-state index < -0.39 is 0 Å². The summed E-state index contributed by atoms with van der Waals surface area (Å²) in [5, 5.41) is 4.30. The van der Waals surface area contributed by atoms with Crippen LogP contribution in [0.1, 0.15) is 25.3 Å². The van der Waals surface area contributed by atoms with Gasteiger partial charge >= 0.3 is 0 Å². The molecule has 0 atom stereocenters. The monoisotopic (exact) mass is 168 g/mol. The van der Waals surface area contributed by atoms with Gasteiger partial charge in [-0.05, 0) is 25.5 Å². The summed E-state index contributed by atoms with van der Waals surface area (Å²) in [5.74, 6) is 0. The second kappa shape index (κ2) is 2.89. The molecule has 0 N–H and O–H groups in total. The quantitative estimate of drug-likeness (QED) is 0.631. The van der Waals surface area contributed by atoms with Gasteiger partial charge in [0.05, 0.1) is 12.2 Å². The summed E-state index contributed by atoms with van der Waals surface area (Å²) in [6.07, 6.45) is 10.2. The molecule has 0 saturated heterocycles. The largest absolute Gasteiger partial charge is 0.269 e. The van der Waals surface area contributed by atoms with Crippen molar-refractivity contribution in [2.45, 2.75) is 30.2 Å². The lowest BCUT2D eigenvalue weighted by Gasteiger charge is -2.25. The number of rotatable bonds is 2. The third kappa shape index (κ3) is 1.29. The number of nitrogens with zero attached hydrogens (tertiary/aromatic N) is 2. The smallest absolute Gasteiger partial charge is 0.0625 e. The SMILES string of the molecule is CSc1cnn(C2CCC2)c1. The van der Waals surface area contributed by atoms with E-state index in [-0.39, 0.29) is 0 Å². The van der Waals surface area contributed by atoms with Gasteiger partial charge in [-0.2, -0.15) is 5.10 Å². The van der Waals surface area contributed by atoms with E-state index in [4.69, 9.17) is 0 Å². The van der Waals surface area contributed by atoms with E-state index in [1.807, 2.05) is 6.20 Å². The van der Waals surface area contributed by atoms with Gasteiger partial charge in [0.2, 0.25) is 0 Å². The van der Waals surface area contributed by atoms with Crippen molar-refractivity contribution in [2.75, 3.05) is 6.26 Å². The Hall–Kier alpha value is -0.440. The molecule has 1 aliphatic rings. The highest BCUT2D eigenvalue weighted by atomic mass is 32.2. The van der Waals surface area contributed by atoms with Crippen molar-refractivity contribution >= 4 is 11.8 Å². The van der Waals surface area contributed by atoms with E-state index in [2.05, 4.69) is 22.2 Å². The summed E-state index contributed by atoms with van der Waals surface area (Å²) in [6.45, 7) is 0. The van der Waals surface area contributed by atoms with Crippen molar-refractivity contribution in [1.82, 2.24) is 9.78 Å². The van der Waals surface area contributed by atoms with Crippen molar-refractivity contribution in [3.8, 4) is 0 Å². The third-order valence-corrected chi connectivity index (χ3v) is 2.94. The van der Waals surface area contributed by atoms with Gasteiger partial charge in [-0.15, -0.1) is 11.8 Å². The molecular weight excluding hydrogens is 156 g/mol. The first-order chi connectivity index (χ1) is 5.40. The molecule has 0 radical (unpaired) electrons. The van der Waals surface area contributed by atoms with Crippen LogP contribution in [0.3, 0.4) is 0 Å². The Morgan fingerprint density at radius 2 is 2.45 bits per heavy atom. The lowest BCUT2D eigenvalue weighted by molar-refractivity contribution is 0.289. The molecule has 1 heterocycles. The molecule has 2 rings (SSSR count). The Balaban J connectivity index is 2.11. The summed E-state index contributed by atoms with van der Waals surface area (Å²) < 4.78 is 2.11. The van der Waals surface area contributed by atoms with E-state index in [1.165, 1.54) is 24.2 Å². The Bertz CT molecular complexity index is 240. The fourth-order valence-electron chi connectivity index (χ4n) is 1.28. The van der Waals surface area contributed by atoms with E-state index in [0.29, 0.717) is 6.04 Å². The minimum absolute atomic E-state index is 0.705. The van der Waals surface area contributed by atoms with Crippen molar-refractivity contribution in [1.29, 1.82) is 0 Å². The van der Waals surface area contributed by atoms with Crippen LogP contribution in [0.25, 0.3) is 0 Å². The van der Waals surface area contributed by atoms with Crippen LogP contribution in [0.4, 0.5) is 0 Å². The van der Waals surface area contributed by atoms with Crippen LogP contribution < -0.4 is 0 Å². The zero-order valence-corrected chi connectivity index (χ0v) is 7.47. The second-order valence-corrected chi connectivity index (χ2v) is 3.82. The van der Waals surface area contributed by atoms with E-state index in [1.54, 1.807) is 11.8 Å². The standard InChI is InChI=1S/C8H12N2S/c1-11-8-5-9-10(6-8)7-3-2-4-7/h5-7H,2-4H2,1H3. The molecule has 0 aromatic carbocycles. The summed E-state index contributed by atoms with van der Waals surface area (Å²) in [5.41, 5.74) is 0. The van der Waals surface area contributed by atoms with Gasteiger partial charge in [-0.3, -0.25) is 4.68 Å². The minimum Gasteiger partial charge on any atom is -0.269 e. The van der Waals surface area contributed by atoms with Crippen LogP contribution in [0.2, 0.25) is 0 Å². The first-order valence-corrected chi connectivity index (χ1v) is 5.21. The normalized spacial score (nSPS) is 18.3. The maximum Gasteiger partial charge on any atom is 0.0625 e. The van der Waals surface area contributed by atoms with Gasteiger partial charge in [-0.25, -0.2) is 0 Å². The lowest BCUT2D eigenvalue weighted by atomic mass is 9.93. The van der Waals surface area contributed by atoms with E-state index in [0.717, 1.165) is 0 Å². The zero-order valence-electron chi connectivity index (χ0n) is 6.66. The van der Waals surface area contributed by atoms with Gasteiger partial charge in [-0.1, -0.05) is 0 Å². The molecule has 3 heteroatoms. The van der Waals surface area contributed by atoms with Crippen LogP contribution in [-0.4, -0.2) is 16.0 Å². The van der Waals surface area contributed by atoms with E-state index in [9.17, 15) is 0 Å². The predicted octanol–water partition coefficient (Wildman–Crippen LogP) is 2.33. The van der Waals surface area contributed by atoms with E-state index >= 15 is 0 Å². The molecule has 1 saturated carbocycles. The summed E-state index contributed by atoms with van der Waals surface area (Å²) in [4.78, 5) is 1.27. The Kier molecular flexibility index (Phi) is 1.90. The third-order valence-electron chi connectivity index (χ3n) is 2.26. The topological polar surface area (TPSA) is 17.8 Å². The van der Waals surface area contributed by atoms with Crippen LogP contribution >= 0.6 is 11.8 Å². The summed E-state index contributed by atoms with van der Waals surface area (Å²) in [6, 6.07) is 0.705. The Labute approximate surface area is 71.0 Å². The molecule has 0 spiro atoms. The van der Waals surface area contributed by atoms with Crippen LogP contribution in [0.5, 0.6) is 0 Å². The zero-order chi connectivity index (χ0) is 7.68. The fraction of sp³-hybridized carbons (Fsp3) is 0.625. The number of hydrogen-bond acceptors (Lipinski definition) is 2. The maximum absolute atomic E-state index is 4.30. The predicted molar refractivity (Wildman–Crippen MR) is 46.9 cm³/mol. The molecule has 0 unspecified atom stereocenters. The molecular formula is C8H12N2S. The van der Waals surface area contributed by atoms with Gasteiger partial charge < -0.3 is 0 Å². The van der Waals surface area contributed by atoms with Gasteiger partial charge in [0.25, 0.3) is 0 Å². The Morgan fingerprint density at radius 1 is 1.64 bits per heavy atom. The fourth-order valence-corrected chi connectivity index (χ4v) is 1.64. The molecule has 11 heavy (non-hydrogen) atoms. The molecule has 1 aromatic heterocycles. The summed E-state index contributed by atoms with van der Waals surface area (Å²) in [7, 11) is 0. The maximum atomic E-state index is 4.30. The highest BCUT2D eigenvalue weighted by Crippen LogP contribution is 2.31. The van der Waals surface area contributed by atoms with Crippen molar-refractivity contribution in [3.05, 3.63) is 12.4 Å². The molecule has 0 aliphatic heterocycles. The summed E-state index contributed by atoms with van der Waals surface area (Å²) >= 11 is 1.76. The molecule has 2 nitrogen and oxygen atoms in total. The molecule has 0 amide bonds. The van der Waals surface area contributed by atoms with Crippen molar-refractivity contribution in [2.24, 2.45) is 0 Å². The van der Waals surface area contributed by atoms with Crippen LogP contribution in [-0.2, 0) is 0 Å². The first-order valence-electron chi connectivity index (χ1n) is 3.98. The van der Waals surface area contributed by atoms with Crippen molar-refractivity contribution in [3.63, 3.8) is 0 Å². The first kappa shape index (κ1) is 7.22. The van der Waals surface area contributed by atoms with Gasteiger partial charge in [0, 0.05) is 11.1 Å². The second-order valence-electron chi connectivity index (χ2n) is 2.94. The van der Waals surface area contributed by atoms with Crippen LogP contribution in [0, 0.1) is 0 Å². The van der Waals surface area contributed by atoms with Crippen LogP contribution in [0.15, 0.2) is 17.3 Å². The molecule has 1 aromatic rings.